The number of hydrogen-bond acceptors (Lipinski definition) is 5. The van der Waals surface area contributed by atoms with E-state index in [1.54, 1.807) is 30.3 Å². The molecule has 0 spiro atoms. The molecule has 0 radical (unpaired) electrons. The van der Waals surface area contributed by atoms with E-state index >= 15 is 0 Å². The van der Waals surface area contributed by atoms with Crippen molar-refractivity contribution < 1.29 is 19.5 Å². The maximum absolute atomic E-state index is 12.2. The second kappa shape index (κ2) is 6.79. The fraction of sp³-hybridized carbons (Fsp3) is 0.250. The average Bonchev–Trinajstić information content (AvgIpc) is 3.33. The molecule has 1 unspecified atom stereocenters. The second-order valence-electron chi connectivity index (χ2n) is 5.46. The Labute approximate surface area is 141 Å². The monoisotopic (exact) mass is 345 g/mol. The standard InChI is InChI=1S/C16H15N3O4S/c20-13(10-6-7-10)19-16-17-11(8-24-16)14(21)18-12(15(22)23)9-4-2-1-3-5-9/h1-5,8,10,12H,6-7H2,(H,18,21)(H,22,23)(H,17,19,20). The lowest BCUT2D eigenvalue weighted by Crippen LogP contribution is -2.33. The summed E-state index contributed by atoms with van der Waals surface area (Å²) >= 11 is 1.13. The fourth-order valence-electron chi connectivity index (χ4n) is 2.13. The quantitative estimate of drug-likeness (QED) is 0.742. The van der Waals surface area contributed by atoms with Crippen LogP contribution in [0.15, 0.2) is 35.7 Å². The van der Waals surface area contributed by atoms with Gasteiger partial charge in [0.05, 0.1) is 0 Å². The minimum absolute atomic E-state index is 0.0423. The molecule has 1 aliphatic rings. The van der Waals surface area contributed by atoms with Gasteiger partial charge < -0.3 is 15.7 Å². The molecule has 1 saturated carbocycles. The molecule has 1 aromatic carbocycles. The molecule has 0 bridgehead atoms. The molecule has 1 aromatic heterocycles. The molecular formula is C16H15N3O4S. The Morgan fingerprint density at radius 3 is 2.54 bits per heavy atom. The smallest absolute Gasteiger partial charge is 0.330 e. The number of aliphatic carboxylic acids is 1. The van der Waals surface area contributed by atoms with E-state index in [0.29, 0.717) is 10.7 Å². The summed E-state index contributed by atoms with van der Waals surface area (Å²) in [6.45, 7) is 0. The van der Waals surface area contributed by atoms with E-state index in [1.807, 2.05) is 0 Å². The highest BCUT2D eigenvalue weighted by Crippen LogP contribution is 2.30. The zero-order valence-corrected chi connectivity index (χ0v) is 13.4. The predicted molar refractivity (Wildman–Crippen MR) is 87.8 cm³/mol. The number of rotatable bonds is 6. The van der Waals surface area contributed by atoms with Crippen molar-refractivity contribution in [1.82, 2.24) is 10.3 Å². The van der Waals surface area contributed by atoms with E-state index < -0.39 is 17.9 Å². The van der Waals surface area contributed by atoms with E-state index in [9.17, 15) is 19.5 Å². The van der Waals surface area contributed by atoms with Crippen LogP contribution in [0.25, 0.3) is 0 Å². The van der Waals surface area contributed by atoms with Gasteiger partial charge in [-0.2, -0.15) is 0 Å². The fourth-order valence-corrected chi connectivity index (χ4v) is 2.82. The van der Waals surface area contributed by atoms with Crippen LogP contribution in [0.3, 0.4) is 0 Å². The van der Waals surface area contributed by atoms with Crippen molar-refractivity contribution in [1.29, 1.82) is 0 Å². The highest BCUT2D eigenvalue weighted by Gasteiger charge is 2.30. The molecule has 7 nitrogen and oxygen atoms in total. The first-order valence-corrected chi connectivity index (χ1v) is 8.27. The van der Waals surface area contributed by atoms with E-state index in [1.165, 1.54) is 5.38 Å². The van der Waals surface area contributed by atoms with Crippen molar-refractivity contribution in [3.63, 3.8) is 0 Å². The van der Waals surface area contributed by atoms with Crippen molar-refractivity contribution in [2.75, 3.05) is 5.32 Å². The Bertz CT molecular complexity index is 771. The van der Waals surface area contributed by atoms with Crippen molar-refractivity contribution in [2.24, 2.45) is 5.92 Å². The molecule has 24 heavy (non-hydrogen) atoms. The van der Waals surface area contributed by atoms with Gasteiger partial charge in [0.2, 0.25) is 5.91 Å². The average molecular weight is 345 g/mol. The summed E-state index contributed by atoms with van der Waals surface area (Å²) in [7, 11) is 0. The van der Waals surface area contributed by atoms with E-state index in [4.69, 9.17) is 0 Å². The first-order chi connectivity index (χ1) is 11.5. The van der Waals surface area contributed by atoms with Gasteiger partial charge >= 0.3 is 5.97 Å². The number of hydrogen-bond donors (Lipinski definition) is 3. The molecule has 1 atom stereocenters. The van der Waals surface area contributed by atoms with Gasteiger partial charge in [-0.1, -0.05) is 30.3 Å². The zero-order valence-electron chi connectivity index (χ0n) is 12.6. The second-order valence-corrected chi connectivity index (χ2v) is 6.31. The summed E-state index contributed by atoms with van der Waals surface area (Å²) in [5, 5.41) is 16.3. The first-order valence-electron chi connectivity index (χ1n) is 7.39. The van der Waals surface area contributed by atoms with Gasteiger partial charge in [0.1, 0.15) is 5.69 Å². The molecule has 0 saturated heterocycles. The summed E-state index contributed by atoms with van der Waals surface area (Å²) in [5.74, 6) is -1.81. The highest BCUT2D eigenvalue weighted by atomic mass is 32.1. The number of nitrogens with one attached hydrogen (secondary N) is 2. The van der Waals surface area contributed by atoms with Crippen LogP contribution < -0.4 is 10.6 Å². The van der Waals surface area contributed by atoms with E-state index in [0.717, 1.165) is 24.2 Å². The number of aromatic nitrogens is 1. The Kier molecular flexibility index (Phi) is 4.57. The van der Waals surface area contributed by atoms with Crippen LogP contribution >= 0.6 is 11.3 Å². The lowest BCUT2D eigenvalue weighted by atomic mass is 10.1. The van der Waals surface area contributed by atoms with Crippen LogP contribution in [-0.4, -0.2) is 27.9 Å². The molecule has 124 valence electrons. The lowest BCUT2D eigenvalue weighted by Gasteiger charge is -2.13. The number of carbonyl (C=O) groups is 3. The van der Waals surface area contributed by atoms with Crippen LogP contribution in [-0.2, 0) is 9.59 Å². The Hall–Kier alpha value is -2.74. The van der Waals surface area contributed by atoms with Crippen LogP contribution in [0, 0.1) is 5.92 Å². The molecule has 1 aliphatic carbocycles. The Balaban J connectivity index is 1.68. The molecular weight excluding hydrogens is 330 g/mol. The van der Waals surface area contributed by atoms with Crippen LogP contribution in [0.4, 0.5) is 5.13 Å². The minimum atomic E-state index is -1.16. The van der Waals surface area contributed by atoms with Gasteiger partial charge in [-0.05, 0) is 18.4 Å². The third kappa shape index (κ3) is 3.77. The molecule has 2 aromatic rings. The van der Waals surface area contributed by atoms with Crippen LogP contribution in [0.1, 0.15) is 34.9 Å². The molecule has 2 amide bonds. The number of amides is 2. The number of nitrogens with zero attached hydrogens (tertiary/aromatic N) is 1. The van der Waals surface area contributed by atoms with Crippen molar-refractivity contribution in [3.8, 4) is 0 Å². The summed E-state index contributed by atoms with van der Waals surface area (Å²) in [4.78, 5) is 39.4. The third-order valence-corrected chi connectivity index (χ3v) is 4.33. The highest BCUT2D eigenvalue weighted by molar-refractivity contribution is 7.14. The summed E-state index contributed by atoms with van der Waals surface area (Å²) in [6, 6.07) is 7.25. The number of carboxylic acids is 1. The maximum Gasteiger partial charge on any atom is 0.330 e. The minimum Gasteiger partial charge on any atom is -0.479 e. The van der Waals surface area contributed by atoms with E-state index in [2.05, 4.69) is 15.6 Å². The SMILES string of the molecule is O=C(NC(C(=O)O)c1ccccc1)c1csc(NC(=O)C2CC2)n1. The Morgan fingerprint density at radius 1 is 1.21 bits per heavy atom. The summed E-state index contributed by atoms with van der Waals surface area (Å²) in [6.07, 6.45) is 1.75. The van der Waals surface area contributed by atoms with Crippen molar-refractivity contribution in [3.05, 3.63) is 47.0 Å². The first kappa shape index (κ1) is 16.1. The molecule has 3 rings (SSSR count). The largest absolute Gasteiger partial charge is 0.479 e. The number of thiazole rings is 1. The van der Waals surface area contributed by atoms with Gasteiger partial charge in [-0.3, -0.25) is 9.59 Å². The van der Waals surface area contributed by atoms with Gasteiger partial charge in [0.25, 0.3) is 5.91 Å². The van der Waals surface area contributed by atoms with E-state index in [-0.39, 0.29) is 17.5 Å². The van der Waals surface area contributed by atoms with Gasteiger partial charge in [0, 0.05) is 11.3 Å². The number of carboxylic acid groups (broad SMARTS) is 1. The third-order valence-electron chi connectivity index (χ3n) is 3.57. The molecule has 8 heteroatoms. The normalized spacial score (nSPS) is 14.7. The molecule has 3 N–H and O–H groups in total. The number of carbonyl (C=O) groups excluding carboxylic acids is 2. The molecule has 1 fully saturated rings. The van der Waals surface area contributed by atoms with Gasteiger partial charge in [-0.25, -0.2) is 9.78 Å². The Morgan fingerprint density at radius 2 is 1.92 bits per heavy atom. The van der Waals surface area contributed by atoms with Crippen molar-refractivity contribution >= 4 is 34.3 Å². The summed E-state index contributed by atoms with van der Waals surface area (Å²) in [5.41, 5.74) is 0.545. The van der Waals surface area contributed by atoms with Gasteiger partial charge in [0.15, 0.2) is 11.2 Å². The number of anilines is 1. The summed E-state index contributed by atoms with van der Waals surface area (Å²) < 4.78 is 0. The molecule has 0 aliphatic heterocycles. The van der Waals surface area contributed by atoms with Gasteiger partial charge in [-0.15, -0.1) is 11.3 Å². The molecule has 1 heterocycles. The number of benzene rings is 1. The predicted octanol–water partition coefficient (Wildman–Crippen LogP) is 2.05. The van der Waals surface area contributed by atoms with Crippen LogP contribution in [0.2, 0.25) is 0 Å². The maximum atomic E-state index is 12.2. The lowest BCUT2D eigenvalue weighted by molar-refractivity contribution is -0.139. The van der Waals surface area contributed by atoms with Crippen molar-refractivity contribution in [2.45, 2.75) is 18.9 Å². The van der Waals surface area contributed by atoms with Crippen LogP contribution in [0.5, 0.6) is 0 Å². The zero-order chi connectivity index (χ0) is 17.1. The topological polar surface area (TPSA) is 108 Å².